The Labute approximate surface area is 205 Å². The van der Waals surface area contributed by atoms with Crippen molar-refractivity contribution in [1.82, 2.24) is 4.98 Å². The predicted molar refractivity (Wildman–Crippen MR) is 127 cm³/mol. The van der Waals surface area contributed by atoms with Crippen molar-refractivity contribution in [3.8, 4) is 11.5 Å². The van der Waals surface area contributed by atoms with E-state index in [4.69, 9.17) is 37.4 Å². The number of methoxy groups -OCH3 is 1. The molecule has 0 N–H and O–H groups in total. The molecule has 1 unspecified atom stereocenters. The third-order valence-electron chi connectivity index (χ3n) is 5.27. The van der Waals surface area contributed by atoms with Crippen molar-refractivity contribution in [3.05, 3.63) is 73.7 Å². The van der Waals surface area contributed by atoms with Crippen molar-refractivity contribution in [1.29, 1.82) is 0 Å². The molecule has 172 valence electrons. The van der Waals surface area contributed by atoms with Gasteiger partial charge in [-0.3, -0.25) is 9.78 Å². The fraction of sp³-hybridized carbons (Fsp3) is 0.292. The number of carbonyl (C=O) groups is 2. The first kappa shape index (κ1) is 23.5. The lowest BCUT2D eigenvalue weighted by molar-refractivity contribution is 0.0302. The van der Waals surface area contributed by atoms with Gasteiger partial charge in [-0.15, -0.1) is 11.3 Å². The number of hydrogen-bond acceptors (Lipinski definition) is 7. The molecule has 1 aliphatic rings. The van der Waals surface area contributed by atoms with E-state index in [1.54, 1.807) is 25.3 Å². The minimum absolute atomic E-state index is 0.228. The Kier molecular flexibility index (Phi) is 7.53. The summed E-state index contributed by atoms with van der Waals surface area (Å²) in [7, 11) is 1.58. The highest BCUT2D eigenvalue weighted by Crippen LogP contribution is 2.37. The molecule has 1 fully saturated rings. The van der Waals surface area contributed by atoms with Gasteiger partial charge in [-0.25, -0.2) is 4.79 Å². The SMILES string of the molecule is COc1ccc(C(Cc2c(Cl)cncc2Cl)OC(=O)c2ccc(C=O)s2)cc1OCC1CC1. The second-order valence-electron chi connectivity index (χ2n) is 7.66. The molecule has 33 heavy (non-hydrogen) atoms. The molecule has 0 bridgehead atoms. The molecular weight excluding hydrogens is 485 g/mol. The summed E-state index contributed by atoms with van der Waals surface area (Å²) in [4.78, 5) is 28.7. The zero-order chi connectivity index (χ0) is 23.4. The Hall–Kier alpha value is -2.61. The topological polar surface area (TPSA) is 74.7 Å². The fourth-order valence-corrected chi connectivity index (χ4v) is 4.48. The summed E-state index contributed by atoms with van der Waals surface area (Å²) in [5, 5.41) is 0.753. The van der Waals surface area contributed by atoms with Gasteiger partial charge in [-0.1, -0.05) is 29.3 Å². The smallest absolute Gasteiger partial charge is 0.348 e. The summed E-state index contributed by atoms with van der Waals surface area (Å²) < 4.78 is 17.3. The number of aldehydes is 1. The van der Waals surface area contributed by atoms with Crippen molar-refractivity contribution >= 4 is 46.8 Å². The van der Waals surface area contributed by atoms with E-state index in [0.29, 0.717) is 61.2 Å². The summed E-state index contributed by atoms with van der Waals surface area (Å²) >= 11 is 13.7. The summed E-state index contributed by atoms with van der Waals surface area (Å²) in [6, 6.07) is 8.56. The van der Waals surface area contributed by atoms with Crippen LogP contribution in [0.25, 0.3) is 0 Å². The second-order valence-corrected chi connectivity index (χ2v) is 9.59. The number of pyridine rings is 1. The molecule has 1 atom stereocenters. The number of aromatic nitrogens is 1. The third kappa shape index (κ3) is 5.85. The molecule has 4 rings (SSSR count). The molecule has 9 heteroatoms. The number of halogens is 2. The van der Waals surface area contributed by atoms with Crippen molar-refractivity contribution in [2.75, 3.05) is 13.7 Å². The Morgan fingerprint density at radius 1 is 1.18 bits per heavy atom. The van der Waals surface area contributed by atoms with Crippen LogP contribution in [-0.4, -0.2) is 31.0 Å². The van der Waals surface area contributed by atoms with Crippen LogP contribution in [0.2, 0.25) is 10.0 Å². The van der Waals surface area contributed by atoms with Crippen LogP contribution in [0.3, 0.4) is 0 Å². The van der Waals surface area contributed by atoms with Crippen molar-refractivity contribution < 1.29 is 23.8 Å². The van der Waals surface area contributed by atoms with Gasteiger partial charge in [0.2, 0.25) is 0 Å². The van der Waals surface area contributed by atoms with Gasteiger partial charge in [-0.2, -0.15) is 0 Å². The minimum Gasteiger partial charge on any atom is -0.493 e. The van der Waals surface area contributed by atoms with Crippen LogP contribution < -0.4 is 9.47 Å². The molecule has 2 heterocycles. The van der Waals surface area contributed by atoms with E-state index in [1.165, 1.54) is 12.4 Å². The van der Waals surface area contributed by atoms with Gasteiger partial charge in [0, 0.05) is 18.8 Å². The van der Waals surface area contributed by atoms with Crippen molar-refractivity contribution in [2.24, 2.45) is 5.92 Å². The molecule has 0 radical (unpaired) electrons. The fourth-order valence-electron chi connectivity index (χ4n) is 3.26. The largest absolute Gasteiger partial charge is 0.493 e. The van der Waals surface area contributed by atoms with Gasteiger partial charge < -0.3 is 14.2 Å². The number of thiophene rings is 1. The first-order chi connectivity index (χ1) is 16.0. The van der Waals surface area contributed by atoms with Gasteiger partial charge in [0.05, 0.1) is 28.6 Å². The highest BCUT2D eigenvalue weighted by molar-refractivity contribution is 7.15. The molecule has 1 saturated carbocycles. The summed E-state index contributed by atoms with van der Waals surface area (Å²) in [6.45, 7) is 0.607. The molecule has 1 aromatic carbocycles. The van der Waals surface area contributed by atoms with Gasteiger partial charge in [0.1, 0.15) is 11.0 Å². The number of carbonyl (C=O) groups excluding carboxylic acids is 2. The lowest BCUT2D eigenvalue weighted by atomic mass is 10.0. The van der Waals surface area contributed by atoms with Gasteiger partial charge >= 0.3 is 5.97 Å². The lowest BCUT2D eigenvalue weighted by Crippen LogP contribution is -2.14. The van der Waals surface area contributed by atoms with Gasteiger partial charge in [-0.05, 0) is 54.2 Å². The maximum Gasteiger partial charge on any atom is 0.348 e. The minimum atomic E-state index is -0.717. The monoisotopic (exact) mass is 505 g/mol. The number of benzene rings is 1. The zero-order valence-corrected chi connectivity index (χ0v) is 20.1. The maximum absolute atomic E-state index is 12.9. The average molecular weight is 506 g/mol. The van der Waals surface area contributed by atoms with E-state index in [2.05, 4.69) is 4.98 Å². The Morgan fingerprint density at radius 2 is 1.94 bits per heavy atom. The third-order valence-corrected chi connectivity index (χ3v) is 6.91. The number of ether oxygens (including phenoxy) is 3. The molecule has 0 aliphatic heterocycles. The number of hydrogen-bond donors (Lipinski definition) is 0. The maximum atomic E-state index is 12.9. The quantitative estimate of drug-likeness (QED) is 0.241. The first-order valence-electron chi connectivity index (χ1n) is 10.3. The predicted octanol–water partition coefficient (Wildman–Crippen LogP) is 6.20. The number of nitrogens with zero attached hydrogens (tertiary/aromatic N) is 1. The molecule has 0 amide bonds. The Balaban J connectivity index is 1.65. The van der Waals surface area contributed by atoms with E-state index in [1.807, 2.05) is 12.1 Å². The molecular formula is C24H21Cl2NO5S. The zero-order valence-electron chi connectivity index (χ0n) is 17.8. The average Bonchev–Trinajstić information content (AvgIpc) is 3.52. The van der Waals surface area contributed by atoms with Crippen LogP contribution in [0, 0.1) is 5.92 Å². The van der Waals surface area contributed by atoms with Crippen LogP contribution in [-0.2, 0) is 11.2 Å². The highest BCUT2D eigenvalue weighted by atomic mass is 35.5. The van der Waals surface area contributed by atoms with E-state index < -0.39 is 12.1 Å². The van der Waals surface area contributed by atoms with Crippen LogP contribution in [0.4, 0.5) is 0 Å². The molecule has 3 aromatic rings. The van der Waals surface area contributed by atoms with Gasteiger partial charge in [0.15, 0.2) is 17.8 Å². The molecule has 6 nitrogen and oxygen atoms in total. The van der Waals surface area contributed by atoms with E-state index in [-0.39, 0.29) is 6.42 Å². The number of rotatable bonds is 10. The van der Waals surface area contributed by atoms with Crippen molar-refractivity contribution in [3.63, 3.8) is 0 Å². The van der Waals surface area contributed by atoms with Crippen LogP contribution in [0.1, 0.15) is 49.4 Å². The van der Waals surface area contributed by atoms with E-state index in [0.717, 1.165) is 24.2 Å². The molecule has 0 saturated heterocycles. The normalized spacial score (nSPS) is 13.9. The lowest BCUT2D eigenvalue weighted by Gasteiger charge is -2.21. The Bertz CT molecular complexity index is 1140. The van der Waals surface area contributed by atoms with E-state index in [9.17, 15) is 9.59 Å². The number of esters is 1. The highest BCUT2D eigenvalue weighted by Gasteiger charge is 2.25. The summed E-state index contributed by atoms with van der Waals surface area (Å²) in [5.74, 6) is 1.19. The molecule has 1 aliphatic carbocycles. The van der Waals surface area contributed by atoms with E-state index >= 15 is 0 Å². The van der Waals surface area contributed by atoms with Crippen molar-refractivity contribution in [2.45, 2.75) is 25.4 Å². The first-order valence-corrected chi connectivity index (χ1v) is 11.9. The standard InChI is InChI=1S/C24H21Cl2NO5S/c1-30-20-6-4-15(8-22(20)31-13-14-2-3-14)21(9-17-18(25)10-27-11-19(17)26)32-24(29)23-7-5-16(12-28)33-23/h4-8,10-12,14,21H,2-3,9,13H2,1H3. The molecule has 2 aromatic heterocycles. The summed E-state index contributed by atoms with van der Waals surface area (Å²) in [6.07, 6.45) is 5.51. The van der Waals surface area contributed by atoms with Crippen LogP contribution >= 0.6 is 34.5 Å². The van der Waals surface area contributed by atoms with Crippen LogP contribution in [0.5, 0.6) is 11.5 Å². The molecule has 0 spiro atoms. The van der Waals surface area contributed by atoms with Crippen LogP contribution in [0.15, 0.2) is 42.7 Å². The Morgan fingerprint density at radius 3 is 2.58 bits per heavy atom. The summed E-state index contributed by atoms with van der Waals surface area (Å²) in [5.41, 5.74) is 1.31. The second kappa shape index (κ2) is 10.5. The van der Waals surface area contributed by atoms with Gasteiger partial charge in [0.25, 0.3) is 0 Å².